The molecule has 3 heterocycles. The zero-order valence-corrected chi connectivity index (χ0v) is 20.1. The number of nitrogens with zero attached hydrogens (tertiary/aromatic N) is 3. The Hall–Kier alpha value is -2.07. The molecular formula is C23H32F2N4O3S. The van der Waals surface area contributed by atoms with Crippen LogP contribution < -0.4 is 10.1 Å². The van der Waals surface area contributed by atoms with E-state index in [1.54, 1.807) is 6.20 Å². The van der Waals surface area contributed by atoms with Gasteiger partial charge in [0.2, 0.25) is 11.8 Å². The molecule has 0 atom stereocenters. The van der Waals surface area contributed by atoms with Gasteiger partial charge in [-0.1, -0.05) is 11.3 Å². The Morgan fingerprint density at radius 1 is 1.36 bits per heavy atom. The first kappa shape index (κ1) is 24.1. The van der Waals surface area contributed by atoms with Crippen LogP contribution in [0, 0.1) is 12.8 Å². The zero-order valence-electron chi connectivity index (χ0n) is 19.2. The van der Waals surface area contributed by atoms with E-state index in [4.69, 9.17) is 9.15 Å². The summed E-state index contributed by atoms with van der Waals surface area (Å²) in [5.41, 5.74) is 0.966. The van der Waals surface area contributed by atoms with Crippen molar-refractivity contribution in [1.29, 1.82) is 0 Å². The minimum atomic E-state index is -2.85. The standard InChI is InChI=1S/C23H32F2N4O3S/c1-15-12-26-21(32-15)11-20(30)27-17-5-3-16(4-6-17)7-9-29-10-8-19-18(13-29)28-22(33-19)31-14-23(2,24)25/h12,16-17H,3-11,13-14H2,1-2H3,(H,27,30). The van der Waals surface area contributed by atoms with Crippen LogP contribution in [0.4, 0.5) is 8.78 Å². The predicted octanol–water partition coefficient (Wildman–Crippen LogP) is 4.14. The summed E-state index contributed by atoms with van der Waals surface area (Å²) in [6, 6.07) is 0.228. The molecule has 2 aromatic heterocycles. The van der Waals surface area contributed by atoms with Crippen molar-refractivity contribution in [2.75, 3.05) is 19.7 Å². The maximum Gasteiger partial charge on any atom is 0.278 e. The normalized spacial score (nSPS) is 21.6. The summed E-state index contributed by atoms with van der Waals surface area (Å²) in [4.78, 5) is 24.3. The first-order valence-corrected chi connectivity index (χ1v) is 12.5. The van der Waals surface area contributed by atoms with E-state index < -0.39 is 12.5 Å². The van der Waals surface area contributed by atoms with Crippen molar-refractivity contribution in [3.05, 3.63) is 28.4 Å². The Morgan fingerprint density at radius 3 is 2.85 bits per heavy atom. The van der Waals surface area contributed by atoms with Crippen LogP contribution in [-0.2, 0) is 24.2 Å². The summed E-state index contributed by atoms with van der Waals surface area (Å²) in [6.07, 6.45) is 8.06. The molecule has 0 aromatic carbocycles. The summed E-state index contributed by atoms with van der Waals surface area (Å²) in [5.74, 6) is -1.04. The lowest BCUT2D eigenvalue weighted by Crippen LogP contribution is -2.39. The van der Waals surface area contributed by atoms with E-state index in [0.717, 1.165) is 75.7 Å². The largest absolute Gasteiger partial charge is 0.464 e. The molecular weight excluding hydrogens is 450 g/mol. The average molecular weight is 483 g/mol. The quantitative estimate of drug-likeness (QED) is 0.579. The Balaban J connectivity index is 1.15. The van der Waals surface area contributed by atoms with Crippen molar-refractivity contribution in [3.8, 4) is 5.19 Å². The molecule has 1 fully saturated rings. The van der Waals surface area contributed by atoms with Crippen LogP contribution in [0.15, 0.2) is 10.6 Å². The average Bonchev–Trinajstić information content (AvgIpc) is 3.36. The van der Waals surface area contributed by atoms with Crippen LogP contribution in [0.5, 0.6) is 5.19 Å². The molecule has 4 rings (SSSR count). The van der Waals surface area contributed by atoms with Gasteiger partial charge in [-0.2, -0.15) is 0 Å². The predicted molar refractivity (Wildman–Crippen MR) is 121 cm³/mol. The number of carbonyl (C=O) groups excluding carboxylic acids is 1. The van der Waals surface area contributed by atoms with Crippen LogP contribution in [-0.4, -0.2) is 52.4 Å². The highest BCUT2D eigenvalue weighted by atomic mass is 32.1. The molecule has 7 nitrogen and oxygen atoms in total. The van der Waals surface area contributed by atoms with Crippen molar-refractivity contribution in [2.45, 2.75) is 77.3 Å². The number of aromatic nitrogens is 2. The molecule has 33 heavy (non-hydrogen) atoms. The maximum absolute atomic E-state index is 13.0. The van der Waals surface area contributed by atoms with Crippen molar-refractivity contribution < 1.29 is 22.7 Å². The number of halogens is 2. The van der Waals surface area contributed by atoms with Crippen molar-refractivity contribution in [2.24, 2.45) is 5.92 Å². The van der Waals surface area contributed by atoms with Crippen molar-refractivity contribution in [1.82, 2.24) is 20.2 Å². The number of aryl methyl sites for hydroxylation is 1. The van der Waals surface area contributed by atoms with E-state index in [0.29, 0.717) is 22.8 Å². The fraction of sp³-hybridized carbons (Fsp3) is 0.696. The smallest absolute Gasteiger partial charge is 0.278 e. The summed E-state index contributed by atoms with van der Waals surface area (Å²) in [6.45, 7) is 4.76. The highest BCUT2D eigenvalue weighted by Crippen LogP contribution is 2.32. The number of rotatable bonds is 9. The van der Waals surface area contributed by atoms with E-state index in [1.807, 2.05) is 6.92 Å². The molecule has 10 heteroatoms. The zero-order chi connectivity index (χ0) is 23.4. The molecule has 1 aliphatic heterocycles. The molecule has 1 saturated carbocycles. The number of alkyl halides is 2. The van der Waals surface area contributed by atoms with Crippen LogP contribution in [0.3, 0.4) is 0 Å². The number of hydrogen-bond acceptors (Lipinski definition) is 7. The Bertz CT molecular complexity index is 935. The number of fused-ring (bicyclic) bond motifs is 1. The molecule has 1 amide bonds. The fourth-order valence-electron chi connectivity index (χ4n) is 4.53. The Kier molecular flexibility index (Phi) is 7.63. The number of oxazole rings is 1. The fourth-order valence-corrected chi connectivity index (χ4v) is 5.44. The number of carbonyl (C=O) groups is 1. The van der Waals surface area contributed by atoms with Crippen molar-refractivity contribution in [3.63, 3.8) is 0 Å². The van der Waals surface area contributed by atoms with E-state index in [2.05, 4.69) is 20.2 Å². The molecule has 1 N–H and O–H groups in total. The van der Waals surface area contributed by atoms with E-state index in [-0.39, 0.29) is 18.4 Å². The topological polar surface area (TPSA) is 80.5 Å². The van der Waals surface area contributed by atoms with Gasteiger partial charge in [-0.25, -0.2) is 18.7 Å². The van der Waals surface area contributed by atoms with E-state index in [9.17, 15) is 13.6 Å². The van der Waals surface area contributed by atoms with Gasteiger partial charge in [0.15, 0.2) is 6.61 Å². The monoisotopic (exact) mass is 482 g/mol. The molecule has 0 unspecified atom stereocenters. The highest BCUT2D eigenvalue weighted by Gasteiger charge is 2.27. The minimum absolute atomic E-state index is 0.0290. The molecule has 2 aromatic rings. The number of amides is 1. The van der Waals surface area contributed by atoms with Crippen molar-refractivity contribution >= 4 is 17.2 Å². The summed E-state index contributed by atoms with van der Waals surface area (Å²) in [7, 11) is 0. The lowest BCUT2D eigenvalue weighted by Gasteiger charge is -2.31. The number of ether oxygens (including phenoxy) is 1. The molecule has 0 saturated heterocycles. The minimum Gasteiger partial charge on any atom is -0.464 e. The van der Waals surface area contributed by atoms with Gasteiger partial charge in [-0.15, -0.1) is 0 Å². The Labute approximate surface area is 196 Å². The SMILES string of the molecule is Cc1cnc(CC(=O)NC2CCC(CCN3CCc4sc(OCC(C)(F)F)nc4C3)CC2)o1. The molecule has 0 radical (unpaired) electrons. The molecule has 0 bridgehead atoms. The van der Waals surface area contributed by atoms with E-state index in [1.165, 1.54) is 11.3 Å². The molecule has 2 aliphatic rings. The maximum atomic E-state index is 13.0. The van der Waals surface area contributed by atoms with Crippen LogP contribution in [0.2, 0.25) is 0 Å². The third-order valence-electron chi connectivity index (χ3n) is 6.28. The number of hydrogen-bond donors (Lipinski definition) is 1. The van der Waals surface area contributed by atoms with Crippen LogP contribution in [0.1, 0.15) is 61.2 Å². The van der Waals surface area contributed by atoms with Gasteiger partial charge < -0.3 is 14.5 Å². The lowest BCUT2D eigenvalue weighted by molar-refractivity contribution is -0.121. The number of thiazole rings is 1. The summed E-state index contributed by atoms with van der Waals surface area (Å²) in [5, 5.41) is 3.47. The molecule has 1 aliphatic carbocycles. The molecule has 182 valence electrons. The van der Waals surface area contributed by atoms with Gasteiger partial charge in [0.05, 0.1) is 11.9 Å². The van der Waals surface area contributed by atoms with Crippen LogP contribution in [0.25, 0.3) is 0 Å². The van der Waals surface area contributed by atoms with Gasteiger partial charge in [0.25, 0.3) is 11.1 Å². The van der Waals surface area contributed by atoms with Gasteiger partial charge in [-0.3, -0.25) is 9.69 Å². The number of nitrogens with one attached hydrogen (secondary N) is 1. The third kappa shape index (κ3) is 7.20. The second-order valence-corrected chi connectivity index (χ2v) is 10.4. The second kappa shape index (κ2) is 10.5. The third-order valence-corrected chi connectivity index (χ3v) is 7.35. The van der Waals surface area contributed by atoms with Crippen LogP contribution >= 0.6 is 11.3 Å². The Morgan fingerprint density at radius 2 is 2.15 bits per heavy atom. The highest BCUT2D eigenvalue weighted by molar-refractivity contribution is 7.13. The van der Waals surface area contributed by atoms with Gasteiger partial charge >= 0.3 is 0 Å². The second-order valence-electron chi connectivity index (χ2n) is 9.35. The van der Waals surface area contributed by atoms with E-state index >= 15 is 0 Å². The van der Waals surface area contributed by atoms with Gasteiger partial charge in [0, 0.05) is 30.9 Å². The van der Waals surface area contributed by atoms with Gasteiger partial charge in [-0.05, 0) is 57.9 Å². The first-order chi connectivity index (χ1) is 15.7. The summed E-state index contributed by atoms with van der Waals surface area (Å²) >= 11 is 1.39. The van der Waals surface area contributed by atoms with Gasteiger partial charge in [0.1, 0.15) is 12.2 Å². The first-order valence-electron chi connectivity index (χ1n) is 11.7. The molecule has 0 spiro atoms. The summed E-state index contributed by atoms with van der Waals surface area (Å²) < 4.78 is 36.6. The lowest BCUT2D eigenvalue weighted by atomic mass is 9.84.